The Morgan fingerprint density at radius 2 is 2.05 bits per heavy atom. The van der Waals surface area contributed by atoms with Crippen molar-refractivity contribution in [1.82, 2.24) is 10.2 Å². The number of carbonyl (C=O) groups is 1. The van der Waals surface area contributed by atoms with E-state index in [1.54, 1.807) is 0 Å². The summed E-state index contributed by atoms with van der Waals surface area (Å²) in [4.78, 5) is 14.4. The average molecular weight is 288 g/mol. The van der Waals surface area contributed by atoms with Crippen LogP contribution in [0.4, 0.5) is 0 Å². The Labute approximate surface area is 124 Å². The van der Waals surface area contributed by atoms with Crippen LogP contribution in [0, 0.1) is 0 Å². The van der Waals surface area contributed by atoms with Crippen molar-refractivity contribution in [2.24, 2.45) is 0 Å². The molecule has 0 aromatic heterocycles. The van der Waals surface area contributed by atoms with Crippen LogP contribution in [-0.2, 0) is 11.3 Å². The quantitative estimate of drug-likeness (QED) is 0.857. The van der Waals surface area contributed by atoms with Crippen LogP contribution < -0.4 is 14.8 Å². The van der Waals surface area contributed by atoms with Gasteiger partial charge in [0.25, 0.3) is 0 Å². The van der Waals surface area contributed by atoms with Gasteiger partial charge in [0.05, 0.1) is 0 Å². The molecule has 1 aromatic rings. The third-order valence-electron chi connectivity index (χ3n) is 4.01. The van der Waals surface area contributed by atoms with Crippen LogP contribution in [0.5, 0.6) is 11.5 Å². The summed E-state index contributed by atoms with van der Waals surface area (Å²) < 4.78 is 10.7. The van der Waals surface area contributed by atoms with Crippen molar-refractivity contribution in [2.45, 2.75) is 20.4 Å². The predicted molar refractivity (Wildman–Crippen MR) is 79.2 cm³/mol. The van der Waals surface area contributed by atoms with Gasteiger partial charge in [-0.25, -0.2) is 0 Å². The fourth-order valence-corrected chi connectivity index (χ4v) is 2.49. The van der Waals surface area contributed by atoms with E-state index in [1.807, 2.05) is 36.9 Å². The Bertz CT molecular complexity index is 589. The van der Waals surface area contributed by atoms with E-state index >= 15 is 0 Å². The number of amides is 1. The second kappa shape index (κ2) is 5.77. The molecule has 0 radical (unpaired) electrons. The molecule has 2 aliphatic heterocycles. The number of rotatable bonds is 4. The van der Waals surface area contributed by atoms with Crippen LogP contribution >= 0.6 is 0 Å². The molecule has 1 saturated heterocycles. The molecule has 1 aromatic carbocycles. The second-order valence-electron chi connectivity index (χ2n) is 5.34. The van der Waals surface area contributed by atoms with E-state index in [-0.39, 0.29) is 12.7 Å². The van der Waals surface area contributed by atoms with E-state index in [4.69, 9.17) is 9.47 Å². The number of hydrogen-bond acceptors (Lipinski definition) is 4. The Kier molecular flexibility index (Phi) is 3.84. The fourth-order valence-electron chi connectivity index (χ4n) is 2.49. The van der Waals surface area contributed by atoms with Crippen molar-refractivity contribution in [3.05, 3.63) is 34.9 Å². The van der Waals surface area contributed by atoms with Gasteiger partial charge in [-0.15, -0.1) is 0 Å². The summed E-state index contributed by atoms with van der Waals surface area (Å²) in [6, 6.07) is 5.83. The van der Waals surface area contributed by atoms with E-state index in [0.29, 0.717) is 13.1 Å². The van der Waals surface area contributed by atoms with E-state index in [1.165, 1.54) is 5.57 Å². The SMILES string of the molecule is CCN(Cc1ccc2c(c1)OCO2)C(=O)C(C)=C1CNC1. The largest absolute Gasteiger partial charge is 0.454 e. The van der Waals surface area contributed by atoms with E-state index in [9.17, 15) is 4.79 Å². The molecule has 0 atom stereocenters. The standard InChI is InChI=1S/C16H20N2O3/c1-3-18(16(19)11(2)13-7-17-8-13)9-12-4-5-14-15(6-12)21-10-20-14/h4-6,17H,3,7-10H2,1-2H3. The maximum absolute atomic E-state index is 12.5. The summed E-state index contributed by atoms with van der Waals surface area (Å²) in [6.07, 6.45) is 0. The number of hydrogen-bond donors (Lipinski definition) is 1. The van der Waals surface area contributed by atoms with Crippen molar-refractivity contribution >= 4 is 5.91 Å². The van der Waals surface area contributed by atoms with Crippen LogP contribution in [-0.4, -0.2) is 37.2 Å². The van der Waals surface area contributed by atoms with Gasteiger partial charge >= 0.3 is 0 Å². The molecule has 21 heavy (non-hydrogen) atoms. The summed E-state index contributed by atoms with van der Waals surface area (Å²) in [7, 11) is 0. The second-order valence-corrected chi connectivity index (χ2v) is 5.34. The minimum atomic E-state index is 0.117. The molecule has 0 saturated carbocycles. The molecule has 2 heterocycles. The molecule has 112 valence electrons. The van der Waals surface area contributed by atoms with Crippen LogP contribution in [0.25, 0.3) is 0 Å². The van der Waals surface area contributed by atoms with Gasteiger partial charge in [0.15, 0.2) is 11.5 Å². The zero-order valence-electron chi connectivity index (χ0n) is 12.4. The lowest BCUT2D eigenvalue weighted by Gasteiger charge is -2.26. The number of nitrogens with zero attached hydrogens (tertiary/aromatic N) is 1. The van der Waals surface area contributed by atoms with Crippen LogP contribution in [0.2, 0.25) is 0 Å². The number of carbonyl (C=O) groups excluding carboxylic acids is 1. The third kappa shape index (κ3) is 2.74. The smallest absolute Gasteiger partial charge is 0.249 e. The molecule has 3 rings (SSSR count). The molecule has 0 spiro atoms. The van der Waals surface area contributed by atoms with Gasteiger partial charge in [0, 0.05) is 31.8 Å². The number of fused-ring (bicyclic) bond motifs is 1. The molecule has 5 nitrogen and oxygen atoms in total. The summed E-state index contributed by atoms with van der Waals surface area (Å²) in [5, 5.41) is 3.17. The zero-order chi connectivity index (χ0) is 14.8. The first-order valence-corrected chi connectivity index (χ1v) is 7.26. The van der Waals surface area contributed by atoms with E-state index < -0.39 is 0 Å². The maximum Gasteiger partial charge on any atom is 0.249 e. The van der Waals surface area contributed by atoms with Gasteiger partial charge in [-0.05, 0) is 37.1 Å². The first-order chi connectivity index (χ1) is 10.2. The molecule has 1 N–H and O–H groups in total. The summed E-state index contributed by atoms with van der Waals surface area (Å²) in [5.41, 5.74) is 3.14. The molecule has 0 bridgehead atoms. The summed E-state index contributed by atoms with van der Waals surface area (Å²) >= 11 is 0. The van der Waals surface area contributed by atoms with Crippen molar-refractivity contribution in [3.63, 3.8) is 0 Å². The Balaban J connectivity index is 1.73. The highest BCUT2D eigenvalue weighted by atomic mass is 16.7. The molecule has 2 aliphatic rings. The predicted octanol–water partition coefficient (Wildman–Crippen LogP) is 1.68. The van der Waals surface area contributed by atoms with Gasteiger partial charge in [0.1, 0.15) is 0 Å². The van der Waals surface area contributed by atoms with E-state index in [0.717, 1.165) is 35.7 Å². The average Bonchev–Trinajstić information content (AvgIpc) is 2.89. The van der Waals surface area contributed by atoms with Gasteiger partial charge in [-0.2, -0.15) is 0 Å². The number of likely N-dealkylation sites (N-methyl/N-ethyl adjacent to an activating group) is 1. The number of benzene rings is 1. The normalized spacial score (nSPS) is 15.6. The lowest BCUT2D eigenvalue weighted by molar-refractivity contribution is -0.127. The maximum atomic E-state index is 12.5. The molecular weight excluding hydrogens is 268 g/mol. The highest BCUT2D eigenvalue weighted by molar-refractivity contribution is 5.94. The monoisotopic (exact) mass is 288 g/mol. The molecule has 1 amide bonds. The van der Waals surface area contributed by atoms with Crippen molar-refractivity contribution in [3.8, 4) is 11.5 Å². The summed E-state index contributed by atoms with van der Waals surface area (Å²) in [5.74, 6) is 1.65. The van der Waals surface area contributed by atoms with E-state index in [2.05, 4.69) is 5.32 Å². The highest BCUT2D eigenvalue weighted by Gasteiger charge is 2.21. The molecule has 0 aliphatic carbocycles. The van der Waals surface area contributed by atoms with Gasteiger partial charge < -0.3 is 19.7 Å². The molecular formula is C16H20N2O3. The van der Waals surface area contributed by atoms with Gasteiger partial charge in [-0.3, -0.25) is 4.79 Å². The Morgan fingerprint density at radius 3 is 2.71 bits per heavy atom. The minimum Gasteiger partial charge on any atom is -0.454 e. The number of ether oxygens (including phenoxy) is 2. The first kappa shape index (κ1) is 13.9. The molecule has 0 unspecified atom stereocenters. The van der Waals surface area contributed by atoms with Crippen molar-refractivity contribution in [1.29, 1.82) is 0 Å². The molecule has 1 fully saturated rings. The highest BCUT2D eigenvalue weighted by Crippen LogP contribution is 2.32. The topological polar surface area (TPSA) is 50.8 Å². The first-order valence-electron chi connectivity index (χ1n) is 7.26. The summed E-state index contributed by atoms with van der Waals surface area (Å²) in [6.45, 7) is 7.13. The number of nitrogens with one attached hydrogen (secondary N) is 1. The lowest BCUT2D eigenvalue weighted by Crippen LogP contribution is -2.39. The zero-order valence-corrected chi connectivity index (χ0v) is 12.4. The molecule has 5 heteroatoms. The van der Waals surface area contributed by atoms with Gasteiger partial charge in [-0.1, -0.05) is 6.07 Å². The van der Waals surface area contributed by atoms with Crippen molar-refractivity contribution < 1.29 is 14.3 Å². The lowest BCUT2D eigenvalue weighted by atomic mass is 10.0. The van der Waals surface area contributed by atoms with Crippen LogP contribution in [0.15, 0.2) is 29.3 Å². The Hall–Kier alpha value is -2.01. The van der Waals surface area contributed by atoms with Crippen LogP contribution in [0.1, 0.15) is 19.4 Å². The fraction of sp³-hybridized carbons (Fsp3) is 0.438. The Morgan fingerprint density at radius 1 is 1.29 bits per heavy atom. The van der Waals surface area contributed by atoms with Gasteiger partial charge in [0.2, 0.25) is 12.7 Å². The van der Waals surface area contributed by atoms with Crippen molar-refractivity contribution in [2.75, 3.05) is 26.4 Å². The third-order valence-corrected chi connectivity index (χ3v) is 4.01. The minimum absolute atomic E-state index is 0.117. The van der Waals surface area contributed by atoms with Crippen LogP contribution in [0.3, 0.4) is 0 Å².